The lowest BCUT2D eigenvalue weighted by Gasteiger charge is -2.33. The monoisotopic (exact) mass is 468 g/mol. The van der Waals surface area contributed by atoms with Crippen molar-refractivity contribution < 1.29 is 36.2 Å². The fourth-order valence-electron chi connectivity index (χ4n) is 4.37. The Kier molecular flexibility index (Phi) is 7.05. The van der Waals surface area contributed by atoms with Crippen molar-refractivity contribution in [3.8, 4) is 5.75 Å². The maximum Gasteiger partial charge on any atom is 0.400 e. The van der Waals surface area contributed by atoms with E-state index in [4.69, 9.17) is 9.47 Å². The molecule has 8 heteroatoms. The van der Waals surface area contributed by atoms with Crippen molar-refractivity contribution in [3.63, 3.8) is 0 Å². The van der Waals surface area contributed by atoms with Crippen LogP contribution < -0.4 is 4.74 Å². The molecule has 2 aliphatic rings. The quantitative estimate of drug-likeness (QED) is 0.262. The minimum Gasteiger partial charge on any atom is -0.432 e. The molecule has 178 valence electrons. The minimum absolute atomic E-state index is 0.116. The Hall–Kier alpha value is -2.45. The Labute approximate surface area is 189 Å². The van der Waals surface area contributed by atoms with Gasteiger partial charge in [-0.1, -0.05) is 30.3 Å². The molecule has 2 aromatic carbocycles. The van der Waals surface area contributed by atoms with Crippen molar-refractivity contribution in [2.75, 3.05) is 13.2 Å². The summed E-state index contributed by atoms with van der Waals surface area (Å²) in [5.74, 6) is -6.41. The van der Waals surface area contributed by atoms with Crippen LogP contribution in [0.4, 0.5) is 22.0 Å². The molecule has 0 unspecified atom stereocenters. The van der Waals surface area contributed by atoms with E-state index in [0.29, 0.717) is 38.2 Å². The van der Waals surface area contributed by atoms with Crippen LogP contribution >= 0.6 is 0 Å². The van der Waals surface area contributed by atoms with Gasteiger partial charge in [0.2, 0.25) is 0 Å². The molecular weight excluding hydrogens is 443 g/mol. The largest absolute Gasteiger partial charge is 0.432 e. The Balaban J connectivity index is 1.33. The van der Waals surface area contributed by atoms with Gasteiger partial charge < -0.3 is 14.2 Å². The Bertz CT molecular complexity index is 940. The van der Waals surface area contributed by atoms with E-state index in [1.807, 2.05) is 24.3 Å². The highest BCUT2D eigenvalue weighted by Gasteiger charge is 2.44. The van der Waals surface area contributed by atoms with Crippen LogP contribution in [0.25, 0.3) is 0 Å². The highest BCUT2D eigenvalue weighted by molar-refractivity contribution is 5.27. The topological polar surface area (TPSA) is 27.7 Å². The lowest BCUT2D eigenvalue weighted by atomic mass is 9.78. The van der Waals surface area contributed by atoms with E-state index in [2.05, 4.69) is 11.3 Å². The van der Waals surface area contributed by atoms with E-state index < -0.39 is 41.5 Å². The Morgan fingerprint density at radius 2 is 1.42 bits per heavy atom. The molecule has 1 saturated carbocycles. The average Bonchev–Trinajstić information content (AvgIpc) is 2.82. The van der Waals surface area contributed by atoms with Crippen molar-refractivity contribution in [3.05, 3.63) is 77.6 Å². The van der Waals surface area contributed by atoms with Crippen molar-refractivity contribution in [2.45, 2.75) is 44.0 Å². The second-order valence-corrected chi connectivity index (χ2v) is 8.57. The first-order valence-corrected chi connectivity index (χ1v) is 10.9. The number of hydrogen-bond acceptors (Lipinski definition) is 3. The summed E-state index contributed by atoms with van der Waals surface area (Å²) < 4.78 is 84.9. The zero-order valence-electron chi connectivity index (χ0n) is 17.9. The maximum atomic E-state index is 14.6. The summed E-state index contributed by atoms with van der Waals surface area (Å²) in [5, 5.41) is 0. The molecule has 33 heavy (non-hydrogen) atoms. The van der Waals surface area contributed by atoms with Gasteiger partial charge >= 0.3 is 6.11 Å². The number of benzene rings is 2. The third-order valence-corrected chi connectivity index (χ3v) is 6.35. The molecule has 0 radical (unpaired) electrons. The van der Waals surface area contributed by atoms with Gasteiger partial charge in [-0.25, -0.2) is 13.2 Å². The number of ether oxygens (including phenoxy) is 3. The molecule has 0 atom stereocenters. The van der Waals surface area contributed by atoms with Gasteiger partial charge in [-0.3, -0.25) is 0 Å². The van der Waals surface area contributed by atoms with Crippen LogP contribution in [0, 0.1) is 29.3 Å². The van der Waals surface area contributed by atoms with Crippen LogP contribution in [0.2, 0.25) is 0 Å². The molecular formula is C25H25F5O3. The van der Waals surface area contributed by atoms with E-state index >= 15 is 0 Å². The molecule has 1 aliphatic heterocycles. The third-order valence-electron chi connectivity index (χ3n) is 6.35. The molecule has 0 amide bonds. The molecule has 1 aliphatic carbocycles. The summed E-state index contributed by atoms with van der Waals surface area (Å²) in [6.45, 7) is 4.84. The van der Waals surface area contributed by atoms with Gasteiger partial charge in [0.25, 0.3) is 0 Å². The number of hydrogen-bond donors (Lipinski definition) is 0. The molecule has 2 aromatic rings. The van der Waals surface area contributed by atoms with Gasteiger partial charge in [0.05, 0.1) is 19.1 Å². The highest BCUT2D eigenvalue weighted by atomic mass is 19.3. The Morgan fingerprint density at radius 1 is 0.879 bits per heavy atom. The van der Waals surface area contributed by atoms with Crippen LogP contribution in [0.1, 0.15) is 49.0 Å². The van der Waals surface area contributed by atoms with Crippen molar-refractivity contribution >= 4 is 0 Å². The summed E-state index contributed by atoms with van der Waals surface area (Å²) in [7, 11) is 0. The number of halogens is 5. The number of rotatable bonds is 6. The maximum absolute atomic E-state index is 14.6. The molecule has 4 rings (SSSR count). The lowest BCUT2D eigenvalue weighted by Crippen LogP contribution is -2.37. The van der Waals surface area contributed by atoms with Crippen molar-refractivity contribution in [1.29, 1.82) is 0 Å². The standard InChI is InChI=1S/C25H25F5O3/c1-2-15-13-31-24(32-14-15)18-5-3-16(4-6-18)17-7-9-19(10-8-17)25(29,30)33-20-11-21(26)23(28)22(27)12-20/h2-6,11-12,15,17,19,24H,1,7-10,13-14H2. The molecule has 0 N–H and O–H groups in total. The zero-order valence-corrected chi connectivity index (χ0v) is 17.9. The normalized spacial score (nSPS) is 26.1. The third kappa shape index (κ3) is 5.38. The predicted molar refractivity (Wildman–Crippen MR) is 111 cm³/mol. The van der Waals surface area contributed by atoms with Crippen molar-refractivity contribution in [1.82, 2.24) is 0 Å². The average molecular weight is 468 g/mol. The summed E-state index contributed by atoms with van der Waals surface area (Å²) in [5.41, 5.74) is 1.94. The SMILES string of the molecule is C=CC1COC(c2ccc(C3CCC(C(F)(F)Oc4cc(F)c(F)c(F)c4)CC3)cc2)OC1. The van der Waals surface area contributed by atoms with E-state index in [1.54, 1.807) is 6.08 Å². The second kappa shape index (κ2) is 9.81. The first-order chi connectivity index (χ1) is 15.8. The molecule has 0 aromatic heterocycles. The summed E-state index contributed by atoms with van der Waals surface area (Å²) in [4.78, 5) is 0. The van der Waals surface area contributed by atoms with E-state index in [0.717, 1.165) is 11.1 Å². The second-order valence-electron chi connectivity index (χ2n) is 8.57. The smallest absolute Gasteiger partial charge is 0.400 e. The van der Waals surface area contributed by atoms with Crippen LogP contribution in [0.3, 0.4) is 0 Å². The number of alkyl halides is 2. The van der Waals surface area contributed by atoms with E-state index in [-0.39, 0.29) is 24.7 Å². The summed E-state index contributed by atoms with van der Waals surface area (Å²) in [6, 6.07) is 8.63. The fourth-order valence-corrected chi connectivity index (χ4v) is 4.37. The van der Waals surface area contributed by atoms with Gasteiger partial charge in [-0.15, -0.1) is 6.58 Å². The minimum atomic E-state index is -3.62. The van der Waals surface area contributed by atoms with Crippen molar-refractivity contribution in [2.24, 2.45) is 11.8 Å². The molecule has 2 fully saturated rings. The van der Waals surface area contributed by atoms with Gasteiger partial charge in [-0.2, -0.15) is 8.78 Å². The summed E-state index contributed by atoms with van der Waals surface area (Å²) >= 11 is 0. The van der Waals surface area contributed by atoms with Gasteiger partial charge in [0.1, 0.15) is 5.75 Å². The molecule has 1 saturated heterocycles. The molecule has 1 heterocycles. The van der Waals surface area contributed by atoms with Crippen LogP contribution in [-0.2, 0) is 9.47 Å². The molecule has 0 bridgehead atoms. The van der Waals surface area contributed by atoms with Crippen LogP contribution in [-0.4, -0.2) is 19.3 Å². The zero-order chi connectivity index (χ0) is 23.6. The van der Waals surface area contributed by atoms with Crippen LogP contribution in [0.5, 0.6) is 5.75 Å². The predicted octanol–water partition coefficient (Wildman–Crippen LogP) is 6.90. The highest BCUT2D eigenvalue weighted by Crippen LogP contribution is 2.43. The first-order valence-electron chi connectivity index (χ1n) is 10.9. The van der Waals surface area contributed by atoms with E-state index in [9.17, 15) is 22.0 Å². The summed E-state index contributed by atoms with van der Waals surface area (Å²) in [6.07, 6.45) is -0.834. The molecule has 0 spiro atoms. The van der Waals surface area contributed by atoms with Crippen LogP contribution in [0.15, 0.2) is 49.1 Å². The fraction of sp³-hybridized carbons (Fsp3) is 0.440. The first kappa shape index (κ1) is 23.7. The van der Waals surface area contributed by atoms with Gasteiger partial charge in [-0.05, 0) is 37.2 Å². The molecule has 3 nitrogen and oxygen atoms in total. The van der Waals surface area contributed by atoms with Gasteiger partial charge in [0.15, 0.2) is 23.7 Å². The van der Waals surface area contributed by atoms with Gasteiger partial charge in [0, 0.05) is 23.6 Å². The Morgan fingerprint density at radius 3 is 1.97 bits per heavy atom. The lowest BCUT2D eigenvalue weighted by molar-refractivity contribution is -0.222. The van der Waals surface area contributed by atoms with E-state index in [1.165, 1.54) is 0 Å².